The molecule has 12 heteroatoms. The lowest BCUT2D eigenvalue weighted by Crippen LogP contribution is -2.41. The molecule has 0 atom stereocenters. The van der Waals surface area contributed by atoms with Crippen molar-refractivity contribution in [2.75, 3.05) is 6.54 Å². The predicted octanol–water partition coefficient (Wildman–Crippen LogP) is 3.27. The number of aliphatic hydroxyl groups is 1. The van der Waals surface area contributed by atoms with Gasteiger partial charge in [-0.1, -0.05) is 0 Å². The molecule has 142 valence electrons. The lowest BCUT2D eigenvalue weighted by molar-refractivity contribution is 0.0685. The molecule has 0 fully saturated rings. The van der Waals surface area contributed by atoms with E-state index in [9.17, 15) is 49.0 Å². The van der Waals surface area contributed by atoms with Crippen LogP contribution in [0.4, 0.5) is 43.9 Å². The van der Waals surface area contributed by atoms with Gasteiger partial charge in [0.05, 0.1) is 11.1 Å². The molecule has 0 aromatic heterocycles. The van der Waals surface area contributed by atoms with E-state index in [0.29, 0.717) is 0 Å². The third-order valence-corrected chi connectivity index (χ3v) is 3.54. The zero-order valence-corrected chi connectivity index (χ0v) is 12.0. The molecule has 0 saturated carbocycles. The Morgan fingerprint density at radius 2 is 0.692 bits per heavy atom. The van der Waals surface area contributed by atoms with E-state index in [2.05, 4.69) is 0 Å². The van der Waals surface area contributed by atoms with Crippen LogP contribution in [-0.2, 0) is 5.60 Å². The van der Waals surface area contributed by atoms with Gasteiger partial charge >= 0.3 is 0 Å². The molecule has 0 aliphatic rings. The van der Waals surface area contributed by atoms with Crippen molar-refractivity contribution in [3.63, 3.8) is 0 Å². The van der Waals surface area contributed by atoms with Gasteiger partial charge in [-0.25, -0.2) is 43.9 Å². The quantitative estimate of drug-likeness (QED) is 0.478. The number of hydrogen-bond acceptors (Lipinski definition) is 2. The summed E-state index contributed by atoms with van der Waals surface area (Å²) in [5.41, 5.74) is -3.61. The van der Waals surface area contributed by atoms with Crippen molar-refractivity contribution < 1.29 is 49.0 Å². The van der Waals surface area contributed by atoms with Gasteiger partial charge in [0.2, 0.25) is 11.6 Å². The summed E-state index contributed by atoms with van der Waals surface area (Å²) < 4.78 is 135. The minimum absolute atomic E-state index is 1.70. The highest BCUT2D eigenvalue weighted by Gasteiger charge is 2.46. The fourth-order valence-electron chi connectivity index (χ4n) is 2.27. The van der Waals surface area contributed by atoms with Crippen LogP contribution in [0.3, 0.4) is 0 Å². The van der Waals surface area contributed by atoms with Crippen LogP contribution in [-0.4, -0.2) is 11.7 Å². The third-order valence-electron chi connectivity index (χ3n) is 3.54. The van der Waals surface area contributed by atoms with Gasteiger partial charge in [0.25, 0.3) is 0 Å². The van der Waals surface area contributed by atoms with Crippen LogP contribution in [0.1, 0.15) is 11.1 Å². The van der Waals surface area contributed by atoms with Crippen molar-refractivity contribution in [3.05, 3.63) is 69.3 Å². The normalized spacial score (nSPS) is 12.0. The Morgan fingerprint density at radius 3 is 0.885 bits per heavy atom. The molecule has 0 amide bonds. The van der Waals surface area contributed by atoms with Crippen LogP contribution < -0.4 is 5.73 Å². The van der Waals surface area contributed by atoms with Gasteiger partial charge in [0, 0.05) is 6.54 Å². The first-order valence-electron chi connectivity index (χ1n) is 6.38. The van der Waals surface area contributed by atoms with E-state index in [1.54, 1.807) is 0 Å². The number of rotatable bonds is 3. The molecule has 0 radical (unpaired) electrons. The van der Waals surface area contributed by atoms with Crippen LogP contribution in [0.15, 0.2) is 0 Å². The highest BCUT2D eigenvalue weighted by molar-refractivity contribution is 5.42. The molecule has 0 aliphatic heterocycles. The topological polar surface area (TPSA) is 46.2 Å². The maximum absolute atomic E-state index is 13.9. The van der Waals surface area contributed by atoms with Crippen molar-refractivity contribution in [1.82, 2.24) is 0 Å². The van der Waals surface area contributed by atoms with Crippen LogP contribution in [0.5, 0.6) is 0 Å². The molecule has 0 aliphatic carbocycles. The van der Waals surface area contributed by atoms with Crippen molar-refractivity contribution in [2.45, 2.75) is 5.60 Å². The van der Waals surface area contributed by atoms with Gasteiger partial charge < -0.3 is 10.8 Å². The SMILES string of the molecule is NCC(O)(c1c(F)c(F)c(F)c(F)c1F)c1c(F)c(F)c(F)c(F)c1F. The fraction of sp³-hybridized carbons (Fsp3) is 0.143. The summed E-state index contributed by atoms with van der Waals surface area (Å²) in [6, 6.07) is 0. The van der Waals surface area contributed by atoms with Gasteiger partial charge in [0.15, 0.2) is 46.5 Å². The van der Waals surface area contributed by atoms with Crippen molar-refractivity contribution in [3.8, 4) is 0 Å². The van der Waals surface area contributed by atoms with Crippen molar-refractivity contribution in [1.29, 1.82) is 0 Å². The van der Waals surface area contributed by atoms with E-state index in [1.165, 1.54) is 0 Å². The second-order valence-electron chi connectivity index (χ2n) is 4.95. The summed E-state index contributed by atoms with van der Waals surface area (Å²) in [6.07, 6.45) is 0. The molecule has 3 N–H and O–H groups in total. The van der Waals surface area contributed by atoms with E-state index >= 15 is 0 Å². The summed E-state index contributed by atoms with van der Waals surface area (Å²) in [4.78, 5) is 0. The van der Waals surface area contributed by atoms with E-state index in [-0.39, 0.29) is 0 Å². The number of hydrogen-bond donors (Lipinski definition) is 2. The van der Waals surface area contributed by atoms with Crippen molar-refractivity contribution >= 4 is 0 Å². The molecule has 0 bridgehead atoms. The van der Waals surface area contributed by atoms with Crippen LogP contribution in [0, 0.1) is 58.2 Å². The monoisotopic (exact) mass is 393 g/mol. The Bertz CT molecular complexity index is 786. The number of halogens is 10. The summed E-state index contributed by atoms with van der Waals surface area (Å²) >= 11 is 0. The summed E-state index contributed by atoms with van der Waals surface area (Å²) in [7, 11) is 0. The predicted molar refractivity (Wildman–Crippen MR) is 64.5 cm³/mol. The van der Waals surface area contributed by atoms with E-state index in [0.717, 1.165) is 0 Å². The molecule has 2 aromatic rings. The zero-order chi connectivity index (χ0) is 20.1. The summed E-state index contributed by atoms with van der Waals surface area (Å²) in [5, 5.41) is 10.2. The lowest BCUT2D eigenvalue weighted by atomic mass is 9.84. The highest BCUT2D eigenvalue weighted by atomic mass is 19.2. The van der Waals surface area contributed by atoms with Gasteiger partial charge in [-0.3, -0.25) is 0 Å². The average molecular weight is 393 g/mol. The Balaban J connectivity index is 3.03. The molecule has 2 nitrogen and oxygen atoms in total. The zero-order valence-electron chi connectivity index (χ0n) is 12.0. The first kappa shape index (κ1) is 20.0. The molecule has 0 heterocycles. The van der Waals surface area contributed by atoms with Crippen molar-refractivity contribution in [2.24, 2.45) is 5.73 Å². The third kappa shape index (κ3) is 2.51. The van der Waals surface area contributed by atoms with E-state index < -0.39 is 81.4 Å². The van der Waals surface area contributed by atoms with Gasteiger partial charge in [0.1, 0.15) is 5.60 Å². The van der Waals surface area contributed by atoms with E-state index in [1.807, 2.05) is 0 Å². The molecule has 2 aromatic carbocycles. The Kier molecular flexibility index (Phi) is 4.94. The molecule has 2 rings (SSSR count). The second kappa shape index (κ2) is 6.43. The van der Waals surface area contributed by atoms with E-state index in [4.69, 9.17) is 5.73 Å². The largest absolute Gasteiger partial charge is 0.379 e. The first-order valence-corrected chi connectivity index (χ1v) is 6.38. The van der Waals surface area contributed by atoms with Gasteiger partial charge in [-0.15, -0.1) is 0 Å². The lowest BCUT2D eigenvalue weighted by Gasteiger charge is -2.29. The highest BCUT2D eigenvalue weighted by Crippen LogP contribution is 2.39. The molecule has 0 unspecified atom stereocenters. The minimum Gasteiger partial charge on any atom is -0.379 e. The molecule has 0 spiro atoms. The minimum atomic E-state index is -3.98. The maximum Gasteiger partial charge on any atom is 0.200 e. The Morgan fingerprint density at radius 1 is 0.500 bits per heavy atom. The van der Waals surface area contributed by atoms with Gasteiger partial charge in [-0.2, -0.15) is 0 Å². The van der Waals surface area contributed by atoms with Crippen LogP contribution in [0.2, 0.25) is 0 Å². The Hall–Kier alpha value is -2.34. The summed E-state index contributed by atoms with van der Waals surface area (Å²) in [6.45, 7) is -1.70. The molecular formula is C14H5F10NO. The number of benzene rings is 2. The second-order valence-corrected chi connectivity index (χ2v) is 4.95. The van der Waals surface area contributed by atoms with Crippen LogP contribution >= 0.6 is 0 Å². The Labute approximate surface area is 137 Å². The van der Waals surface area contributed by atoms with Crippen LogP contribution in [0.25, 0.3) is 0 Å². The molecular weight excluding hydrogens is 388 g/mol. The summed E-state index contributed by atoms with van der Waals surface area (Å²) in [5.74, 6) is -26.9. The standard InChI is InChI=1S/C14H5F10NO/c15-4-2(5(16)9(20)12(23)8(4)19)14(26,1-25)3-6(17)10(21)13(24)11(22)7(3)18/h26H,1,25H2. The molecule has 26 heavy (non-hydrogen) atoms. The number of nitrogens with two attached hydrogens (primary N) is 1. The van der Waals surface area contributed by atoms with Gasteiger partial charge in [-0.05, 0) is 0 Å². The smallest absolute Gasteiger partial charge is 0.200 e. The fourth-order valence-corrected chi connectivity index (χ4v) is 2.27. The first-order chi connectivity index (χ1) is 11.9. The maximum atomic E-state index is 13.9. The molecule has 0 saturated heterocycles. The average Bonchev–Trinajstić information content (AvgIpc) is 2.61.